The Hall–Kier alpha value is -2.02. The summed E-state index contributed by atoms with van der Waals surface area (Å²) in [5.41, 5.74) is 9.21. The molecule has 2 aromatic carbocycles. The van der Waals surface area contributed by atoms with Gasteiger partial charge in [0.25, 0.3) is 0 Å². The molecule has 0 saturated heterocycles. The van der Waals surface area contributed by atoms with Crippen LogP contribution in [0, 0.1) is 18.3 Å². The van der Waals surface area contributed by atoms with Gasteiger partial charge in [0.2, 0.25) is 0 Å². The smallest absolute Gasteiger partial charge is 0.124 e. The van der Waals surface area contributed by atoms with Crippen LogP contribution in [-0.2, 0) is 13.2 Å². The van der Waals surface area contributed by atoms with Gasteiger partial charge >= 0.3 is 0 Å². The standard InChI is InChI=1S/C16H15ClN2O/c1-11-2-5-16(14(6-11)9-19)20-10-13-4-3-12(8-18)7-15(13)17/h2-7H,9-10,19H2,1H3. The quantitative estimate of drug-likeness (QED) is 0.935. The van der Waals surface area contributed by atoms with Gasteiger partial charge in [0.1, 0.15) is 12.4 Å². The summed E-state index contributed by atoms with van der Waals surface area (Å²) < 4.78 is 5.78. The van der Waals surface area contributed by atoms with Gasteiger partial charge in [-0.2, -0.15) is 5.26 Å². The van der Waals surface area contributed by atoms with Gasteiger partial charge in [0.15, 0.2) is 0 Å². The second-order valence-electron chi connectivity index (χ2n) is 4.52. The third-order valence-corrected chi connectivity index (χ3v) is 3.35. The van der Waals surface area contributed by atoms with Gasteiger partial charge < -0.3 is 10.5 Å². The minimum atomic E-state index is 0.348. The molecule has 2 aromatic rings. The van der Waals surface area contributed by atoms with Crippen molar-refractivity contribution in [3.05, 3.63) is 63.7 Å². The molecular formula is C16H15ClN2O. The zero-order valence-corrected chi connectivity index (χ0v) is 11.9. The van der Waals surface area contributed by atoms with Crippen LogP contribution in [-0.4, -0.2) is 0 Å². The fourth-order valence-electron chi connectivity index (χ4n) is 1.90. The van der Waals surface area contributed by atoms with Crippen LogP contribution in [0.3, 0.4) is 0 Å². The summed E-state index contributed by atoms with van der Waals surface area (Å²) in [6, 6.07) is 13.1. The van der Waals surface area contributed by atoms with Crippen molar-refractivity contribution in [2.24, 2.45) is 5.73 Å². The molecule has 0 saturated carbocycles. The van der Waals surface area contributed by atoms with Gasteiger partial charge in [0.05, 0.1) is 11.6 Å². The fraction of sp³-hybridized carbons (Fsp3) is 0.188. The number of benzene rings is 2. The maximum absolute atomic E-state index is 8.80. The van der Waals surface area contributed by atoms with Crippen LogP contribution in [0.15, 0.2) is 36.4 Å². The minimum absolute atomic E-state index is 0.348. The first kappa shape index (κ1) is 14.4. The van der Waals surface area contributed by atoms with E-state index in [1.165, 1.54) is 0 Å². The van der Waals surface area contributed by atoms with E-state index in [4.69, 9.17) is 27.3 Å². The van der Waals surface area contributed by atoms with Gasteiger partial charge in [-0.05, 0) is 25.1 Å². The van der Waals surface area contributed by atoms with Gasteiger partial charge in [0, 0.05) is 22.7 Å². The SMILES string of the molecule is Cc1ccc(OCc2ccc(C#N)cc2Cl)c(CN)c1. The molecule has 2 rings (SSSR count). The molecule has 20 heavy (non-hydrogen) atoms. The fourth-order valence-corrected chi connectivity index (χ4v) is 2.13. The highest BCUT2D eigenvalue weighted by Gasteiger charge is 2.06. The topological polar surface area (TPSA) is 59.0 Å². The normalized spacial score (nSPS) is 10.1. The van der Waals surface area contributed by atoms with Crippen LogP contribution >= 0.6 is 11.6 Å². The Balaban J connectivity index is 2.15. The van der Waals surface area contributed by atoms with E-state index in [1.54, 1.807) is 18.2 Å². The van der Waals surface area contributed by atoms with Crippen LogP contribution in [0.1, 0.15) is 22.3 Å². The monoisotopic (exact) mass is 286 g/mol. The zero-order valence-electron chi connectivity index (χ0n) is 11.2. The molecule has 0 amide bonds. The number of hydrogen-bond donors (Lipinski definition) is 1. The molecule has 0 bridgehead atoms. The molecule has 0 spiro atoms. The molecule has 102 valence electrons. The Morgan fingerprint density at radius 1 is 1.20 bits per heavy atom. The van der Waals surface area contributed by atoms with E-state index in [9.17, 15) is 0 Å². The third kappa shape index (κ3) is 3.30. The van der Waals surface area contributed by atoms with Crippen LogP contribution in [0.4, 0.5) is 0 Å². The lowest BCUT2D eigenvalue weighted by atomic mass is 10.1. The molecule has 0 heterocycles. The van der Waals surface area contributed by atoms with E-state index in [1.807, 2.05) is 25.1 Å². The predicted octanol–water partition coefficient (Wildman–Crippen LogP) is 3.56. The molecule has 2 N–H and O–H groups in total. The van der Waals surface area contributed by atoms with Gasteiger partial charge in [-0.3, -0.25) is 0 Å². The zero-order chi connectivity index (χ0) is 14.5. The largest absolute Gasteiger partial charge is 0.489 e. The highest BCUT2D eigenvalue weighted by molar-refractivity contribution is 6.31. The van der Waals surface area contributed by atoms with Crippen LogP contribution in [0.5, 0.6) is 5.75 Å². The van der Waals surface area contributed by atoms with E-state index in [0.717, 1.165) is 22.4 Å². The molecule has 0 aliphatic heterocycles. The number of ether oxygens (including phenoxy) is 1. The summed E-state index contributed by atoms with van der Waals surface area (Å²) in [6.07, 6.45) is 0. The van der Waals surface area contributed by atoms with Crippen molar-refractivity contribution in [1.29, 1.82) is 5.26 Å². The molecule has 3 nitrogen and oxygen atoms in total. The predicted molar refractivity (Wildman–Crippen MR) is 79.6 cm³/mol. The molecule has 0 unspecified atom stereocenters. The molecule has 0 fully saturated rings. The number of nitriles is 1. The van der Waals surface area contributed by atoms with Crippen LogP contribution < -0.4 is 10.5 Å². The summed E-state index contributed by atoms with van der Waals surface area (Å²) in [5, 5.41) is 9.33. The van der Waals surface area contributed by atoms with E-state index < -0.39 is 0 Å². The Bertz CT molecular complexity index is 662. The first-order valence-corrected chi connectivity index (χ1v) is 6.62. The molecular weight excluding hydrogens is 272 g/mol. The second kappa shape index (κ2) is 6.42. The first-order valence-electron chi connectivity index (χ1n) is 6.25. The van der Waals surface area contributed by atoms with Crippen molar-refractivity contribution in [1.82, 2.24) is 0 Å². The first-order chi connectivity index (χ1) is 9.63. The van der Waals surface area contributed by atoms with E-state index >= 15 is 0 Å². The third-order valence-electron chi connectivity index (χ3n) is 3.00. The summed E-state index contributed by atoms with van der Waals surface area (Å²) in [4.78, 5) is 0. The molecule has 0 aromatic heterocycles. The molecule has 4 heteroatoms. The van der Waals surface area contributed by atoms with Crippen molar-refractivity contribution in [3.8, 4) is 11.8 Å². The van der Waals surface area contributed by atoms with Crippen LogP contribution in [0.25, 0.3) is 0 Å². The summed E-state index contributed by atoms with van der Waals surface area (Å²) >= 11 is 6.12. The van der Waals surface area contributed by atoms with Gasteiger partial charge in [-0.25, -0.2) is 0 Å². The van der Waals surface area contributed by atoms with E-state index in [2.05, 4.69) is 6.07 Å². The number of nitrogens with zero attached hydrogens (tertiary/aromatic N) is 1. The Labute approximate surface area is 123 Å². The number of hydrogen-bond acceptors (Lipinski definition) is 3. The summed E-state index contributed by atoms with van der Waals surface area (Å²) in [7, 11) is 0. The van der Waals surface area contributed by atoms with Crippen molar-refractivity contribution in [2.45, 2.75) is 20.1 Å². The van der Waals surface area contributed by atoms with Crippen LogP contribution in [0.2, 0.25) is 5.02 Å². The number of rotatable bonds is 4. The average molecular weight is 287 g/mol. The van der Waals surface area contributed by atoms with Crippen molar-refractivity contribution >= 4 is 11.6 Å². The van der Waals surface area contributed by atoms with Crippen molar-refractivity contribution in [3.63, 3.8) is 0 Å². The van der Waals surface area contributed by atoms with E-state index in [0.29, 0.717) is 23.7 Å². The number of halogens is 1. The number of nitrogens with two attached hydrogens (primary N) is 1. The van der Waals surface area contributed by atoms with Crippen molar-refractivity contribution < 1.29 is 4.74 Å². The van der Waals surface area contributed by atoms with Crippen molar-refractivity contribution in [2.75, 3.05) is 0 Å². The highest BCUT2D eigenvalue weighted by Crippen LogP contribution is 2.23. The van der Waals surface area contributed by atoms with Gasteiger partial charge in [-0.1, -0.05) is 35.4 Å². The Morgan fingerprint density at radius 3 is 2.65 bits per heavy atom. The second-order valence-corrected chi connectivity index (χ2v) is 4.93. The molecule has 0 atom stereocenters. The lowest BCUT2D eigenvalue weighted by molar-refractivity contribution is 0.303. The Morgan fingerprint density at radius 2 is 2.00 bits per heavy atom. The number of aryl methyl sites for hydroxylation is 1. The Kier molecular flexibility index (Phi) is 4.62. The summed E-state index contributed by atoms with van der Waals surface area (Å²) in [5.74, 6) is 0.763. The highest BCUT2D eigenvalue weighted by atomic mass is 35.5. The van der Waals surface area contributed by atoms with Gasteiger partial charge in [-0.15, -0.1) is 0 Å². The minimum Gasteiger partial charge on any atom is -0.489 e. The lowest BCUT2D eigenvalue weighted by Crippen LogP contribution is -2.03. The maximum Gasteiger partial charge on any atom is 0.124 e. The molecule has 0 aliphatic carbocycles. The van der Waals surface area contributed by atoms with E-state index in [-0.39, 0.29) is 0 Å². The maximum atomic E-state index is 8.80. The molecule has 0 aliphatic rings. The average Bonchev–Trinajstić information content (AvgIpc) is 2.46. The lowest BCUT2D eigenvalue weighted by Gasteiger charge is -2.12. The summed E-state index contributed by atoms with van der Waals surface area (Å²) in [6.45, 7) is 2.79. The molecule has 0 radical (unpaired) electrons.